The van der Waals surface area contributed by atoms with E-state index in [1.807, 2.05) is 0 Å². The number of rotatable bonds is 6. The minimum atomic E-state index is -3.97. The van der Waals surface area contributed by atoms with Gasteiger partial charge < -0.3 is 14.4 Å². The summed E-state index contributed by atoms with van der Waals surface area (Å²) in [5, 5.41) is 13.0. The van der Waals surface area contributed by atoms with E-state index in [1.165, 1.54) is 4.90 Å². The van der Waals surface area contributed by atoms with Crippen molar-refractivity contribution in [3.8, 4) is 5.75 Å². The summed E-state index contributed by atoms with van der Waals surface area (Å²) in [5.74, 6) is -2.36. The highest BCUT2D eigenvalue weighted by molar-refractivity contribution is 5.58. The molecular formula is C13H12F3N3O5. The van der Waals surface area contributed by atoms with E-state index in [-0.39, 0.29) is 26.3 Å². The van der Waals surface area contributed by atoms with E-state index >= 15 is 0 Å². The van der Waals surface area contributed by atoms with Crippen LogP contribution in [0.25, 0.3) is 0 Å². The minimum absolute atomic E-state index is 0.158. The molecule has 1 aliphatic heterocycles. The highest BCUT2D eigenvalue weighted by Gasteiger charge is 2.41. The zero-order chi connectivity index (χ0) is 17.9. The van der Waals surface area contributed by atoms with Gasteiger partial charge in [0.05, 0.1) is 24.2 Å². The maximum atomic E-state index is 14.2. The molecule has 0 saturated carbocycles. The van der Waals surface area contributed by atoms with Gasteiger partial charge in [-0.15, -0.1) is 4.91 Å². The fourth-order valence-electron chi connectivity index (χ4n) is 2.04. The summed E-state index contributed by atoms with van der Waals surface area (Å²) in [6.07, 6.45) is -3.97. The molecule has 0 aromatic heterocycles. The fraction of sp³-hybridized carbons (Fsp3) is 0.385. The molecule has 1 fully saturated rings. The van der Waals surface area contributed by atoms with E-state index in [2.05, 4.69) is 16.5 Å². The first kappa shape index (κ1) is 17.7. The Labute approximate surface area is 133 Å². The van der Waals surface area contributed by atoms with Crippen LogP contribution in [-0.4, -0.2) is 42.2 Å². The molecule has 0 radical (unpaired) electrons. The maximum Gasteiger partial charge on any atom is 0.441 e. The Morgan fingerprint density at radius 2 is 2.04 bits per heavy atom. The van der Waals surface area contributed by atoms with Gasteiger partial charge in [0.15, 0.2) is 11.4 Å². The van der Waals surface area contributed by atoms with Crippen molar-refractivity contribution in [2.75, 3.05) is 26.3 Å². The molecule has 1 aliphatic rings. The second-order valence-corrected chi connectivity index (χ2v) is 4.78. The Morgan fingerprint density at radius 1 is 1.42 bits per heavy atom. The molecule has 130 valence electrons. The third-order valence-electron chi connectivity index (χ3n) is 3.29. The van der Waals surface area contributed by atoms with E-state index in [1.54, 1.807) is 0 Å². The second-order valence-electron chi connectivity index (χ2n) is 4.78. The number of nitrogens with zero attached hydrogens (tertiary/aromatic N) is 3. The molecule has 0 bridgehead atoms. The lowest BCUT2D eigenvalue weighted by Gasteiger charge is -2.33. The molecule has 0 amide bonds. The van der Waals surface area contributed by atoms with Crippen molar-refractivity contribution in [3.05, 3.63) is 45.2 Å². The number of nitroso groups, excluding NO2 is 1. The van der Waals surface area contributed by atoms with Crippen LogP contribution >= 0.6 is 0 Å². The topological polar surface area (TPSA) is 94.3 Å². The number of halogens is 3. The van der Waals surface area contributed by atoms with Gasteiger partial charge in [-0.1, -0.05) is 6.58 Å². The zero-order valence-electron chi connectivity index (χ0n) is 12.2. The summed E-state index contributed by atoms with van der Waals surface area (Å²) in [6, 6.07) is 0.737. The number of morpholine rings is 1. The van der Waals surface area contributed by atoms with Crippen LogP contribution in [0.2, 0.25) is 0 Å². The van der Waals surface area contributed by atoms with Crippen molar-refractivity contribution in [1.82, 2.24) is 4.90 Å². The number of nitro groups is 1. The Bertz CT molecular complexity index is 677. The van der Waals surface area contributed by atoms with Gasteiger partial charge in [-0.05, 0) is 5.18 Å². The predicted octanol–water partition coefficient (Wildman–Crippen LogP) is 2.95. The Kier molecular flexibility index (Phi) is 5.02. The molecule has 0 N–H and O–H groups in total. The lowest BCUT2D eigenvalue weighted by Crippen LogP contribution is -2.43. The Morgan fingerprint density at radius 3 is 2.58 bits per heavy atom. The molecule has 0 aliphatic carbocycles. The molecule has 11 heteroatoms. The van der Waals surface area contributed by atoms with Crippen molar-refractivity contribution in [2.24, 2.45) is 5.18 Å². The van der Waals surface area contributed by atoms with Crippen molar-refractivity contribution in [2.45, 2.75) is 6.11 Å². The molecule has 24 heavy (non-hydrogen) atoms. The van der Waals surface area contributed by atoms with Crippen LogP contribution in [0.3, 0.4) is 0 Å². The van der Waals surface area contributed by atoms with Gasteiger partial charge >= 0.3 is 11.8 Å². The Hall–Kier alpha value is -2.69. The number of benzene rings is 1. The first-order valence-electron chi connectivity index (χ1n) is 6.66. The van der Waals surface area contributed by atoms with E-state index in [4.69, 9.17) is 4.74 Å². The highest BCUT2D eigenvalue weighted by Crippen LogP contribution is 2.38. The van der Waals surface area contributed by atoms with Gasteiger partial charge in [0, 0.05) is 19.2 Å². The van der Waals surface area contributed by atoms with E-state index in [0.29, 0.717) is 12.1 Å². The average Bonchev–Trinajstić information content (AvgIpc) is 2.54. The van der Waals surface area contributed by atoms with Crippen LogP contribution < -0.4 is 4.74 Å². The van der Waals surface area contributed by atoms with Gasteiger partial charge in [0.1, 0.15) is 5.70 Å². The van der Waals surface area contributed by atoms with Crippen molar-refractivity contribution in [3.63, 3.8) is 0 Å². The van der Waals surface area contributed by atoms with E-state index in [9.17, 15) is 28.2 Å². The molecule has 1 aromatic carbocycles. The SMILES string of the molecule is C=C(N1CCOCC1)C(F)(F)Oc1cc(F)c([N+](=O)[O-])cc1N=O. The zero-order valence-corrected chi connectivity index (χ0v) is 12.2. The number of hydrogen-bond acceptors (Lipinski definition) is 7. The number of alkyl halides is 2. The minimum Gasteiger partial charge on any atom is -0.425 e. The maximum absolute atomic E-state index is 14.2. The quantitative estimate of drug-likeness (QED) is 0.446. The monoisotopic (exact) mass is 347 g/mol. The van der Waals surface area contributed by atoms with E-state index < -0.39 is 39.7 Å². The summed E-state index contributed by atoms with van der Waals surface area (Å²) in [7, 11) is 0. The Balaban J connectivity index is 2.28. The van der Waals surface area contributed by atoms with Crippen LogP contribution in [0.4, 0.5) is 24.5 Å². The molecule has 0 spiro atoms. The molecule has 0 atom stereocenters. The summed E-state index contributed by atoms with van der Waals surface area (Å²) >= 11 is 0. The molecular weight excluding hydrogens is 335 g/mol. The van der Waals surface area contributed by atoms with E-state index in [0.717, 1.165) is 0 Å². The van der Waals surface area contributed by atoms with Crippen molar-refractivity contribution >= 4 is 11.4 Å². The normalized spacial score (nSPS) is 15.0. The smallest absolute Gasteiger partial charge is 0.425 e. The lowest BCUT2D eigenvalue weighted by atomic mass is 10.2. The first-order valence-corrected chi connectivity index (χ1v) is 6.66. The van der Waals surface area contributed by atoms with Crippen molar-refractivity contribution in [1.29, 1.82) is 0 Å². The summed E-state index contributed by atoms with van der Waals surface area (Å²) in [5.41, 5.74) is -2.61. The third-order valence-corrected chi connectivity index (χ3v) is 3.29. The number of nitro benzene ring substituents is 1. The van der Waals surface area contributed by atoms with Gasteiger partial charge in [-0.25, -0.2) is 0 Å². The van der Waals surface area contributed by atoms with Gasteiger partial charge in [-0.2, -0.15) is 13.2 Å². The average molecular weight is 347 g/mol. The van der Waals surface area contributed by atoms with Crippen LogP contribution in [-0.2, 0) is 4.74 Å². The predicted molar refractivity (Wildman–Crippen MR) is 75.6 cm³/mol. The summed E-state index contributed by atoms with van der Waals surface area (Å²) < 4.78 is 51.4. The standard InChI is InChI=1S/C13H12F3N3O5/c1-8(18-2-4-23-5-3-18)13(15,16)24-12-6-9(14)11(19(21)22)7-10(12)17-20/h6-7H,1-5H2. The molecule has 1 heterocycles. The third kappa shape index (κ3) is 3.62. The number of hydrogen-bond donors (Lipinski definition) is 0. The second kappa shape index (κ2) is 6.83. The van der Waals surface area contributed by atoms with Gasteiger partial charge in [-0.3, -0.25) is 10.1 Å². The largest absolute Gasteiger partial charge is 0.441 e. The van der Waals surface area contributed by atoms with Crippen LogP contribution in [0.1, 0.15) is 0 Å². The van der Waals surface area contributed by atoms with Crippen LogP contribution in [0.15, 0.2) is 29.6 Å². The molecule has 2 rings (SSSR count). The summed E-state index contributed by atoms with van der Waals surface area (Å²) in [4.78, 5) is 21.4. The molecule has 0 unspecified atom stereocenters. The lowest BCUT2D eigenvalue weighted by molar-refractivity contribution is -0.387. The van der Waals surface area contributed by atoms with Gasteiger partial charge in [0.2, 0.25) is 5.82 Å². The van der Waals surface area contributed by atoms with Crippen LogP contribution in [0, 0.1) is 20.8 Å². The van der Waals surface area contributed by atoms with Crippen molar-refractivity contribution < 1.29 is 27.6 Å². The highest BCUT2D eigenvalue weighted by atomic mass is 19.3. The van der Waals surface area contributed by atoms with Gasteiger partial charge in [0.25, 0.3) is 0 Å². The van der Waals surface area contributed by atoms with Crippen LogP contribution in [0.5, 0.6) is 5.75 Å². The fourth-order valence-corrected chi connectivity index (χ4v) is 2.04. The summed E-state index contributed by atoms with van der Waals surface area (Å²) in [6.45, 7) is 4.02. The first-order chi connectivity index (χ1) is 11.3. The molecule has 1 saturated heterocycles. The molecule has 1 aromatic rings. The number of ether oxygens (including phenoxy) is 2. The molecule has 8 nitrogen and oxygen atoms in total.